The number of likely N-dealkylation sites (tertiary alicyclic amines) is 1. The summed E-state index contributed by atoms with van der Waals surface area (Å²) in [6.07, 6.45) is 3.18. The highest BCUT2D eigenvalue weighted by molar-refractivity contribution is 5.85. The van der Waals surface area contributed by atoms with Crippen molar-refractivity contribution in [2.24, 2.45) is 5.92 Å². The van der Waals surface area contributed by atoms with Crippen LogP contribution in [-0.2, 0) is 14.3 Å². The third kappa shape index (κ3) is 5.74. The number of carbonyl (C=O) groups is 2. The number of nitrogens with one attached hydrogen (secondary N) is 2. The van der Waals surface area contributed by atoms with Gasteiger partial charge in [-0.15, -0.1) is 12.4 Å². The van der Waals surface area contributed by atoms with Gasteiger partial charge in [-0.1, -0.05) is 6.92 Å². The summed E-state index contributed by atoms with van der Waals surface area (Å²) in [4.78, 5) is 25.8. The van der Waals surface area contributed by atoms with E-state index in [-0.39, 0.29) is 30.3 Å². The summed E-state index contributed by atoms with van der Waals surface area (Å²) in [5.74, 6) is 0.563. The predicted octanol–water partition coefficient (Wildman–Crippen LogP) is 0.552. The van der Waals surface area contributed by atoms with Gasteiger partial charge in [0.25, 0.3) is 5.91 Å². The van der Waals surface area contributed by atoms with Crippen molar-refractivity contribution >= 4 is 24.2 Å². The Morgan fingerprint density at radius 1 is 1.41 bits per heavy atom. The largest absolute Gasteiger partial charge is 0.366 e. The lowest BCUT2D eigenvalue weighted by atomic mass is 9.97. The van der Waals surface area contributed by atoms with Crippen LogP contribution < -0.4 is 10.6 Å². The molecular formula is C15H28ClN3O3. The van der Waals surface area contributed by atoms with Crippen LogP contribution in [0.5, 0.6) is 0 Å². The molecule has 0 spiro atoms. The lowest BCUT2D eigenvalue weighted by Gasteiger charge is -2.36. The van der Waals surface area contributed by atoms with Crippen molar-refractivity contribution in [1.29, 1.82) is 0 Å². The maximum absolute atomic E-state index is 12.4. The maximum atomic E-state index is 12.4. The molecule has 2 N–H and O–H groups in total. The average molecular weight is 334 g/mol. The number of piperidine rings is 1. The number of amides is 2. The third-order valence-electron chi connectivity index (χ3n) is 4.10. The lowest BCUT2D eigenvalue weighted by molar-refractivity contribution is -0.147. The van der Waals surface area contributed by atoms with Crippen LogP contribution in [0.1, 0.15) is 32.6 Å². The molecule has 0 aliphatic carbocycles. The highest BCUT2D eigenvalue weighted by Gasteiger charge is 2.30. The summed E-state index contributed by atoms with van der Waals surface area (Å²) in [5.41, 5.74) is 0. The zero-order valence-electron chi connectivity index (χ0n) is 13.3. The molecule has 2 fully saturated rings. The van der Waals surface area contributed by atoms with Gasteiger partial charge in [0.2, 0.25) is 5.91 Å². The normalized spacial score (nSPS) is 25.2. The van der Waals surface area contributed by atoms with Crippen LogP contribution in [0.3, 0.4) is 0 Å². The van der Waals surface area contributed by atoms with Gasteiger partial charge in [0, 0.05) is 39.1 Å². The molecule has 2 amide bonds. The van der Waals surface area contributed by atoms with Crippen LogP contribution >= 0.6 is 12.4 Å². The SMILES string of the molecule is CCCC(=O)NCC1CCCN(C(=O)C2CNCCO2)C1.Cl. The molecule has 2 atom stereocenters. The summed E-state index contributed by atoms with van der Waals surface area (Å²) in [5, 5.41) is 6.16. The Hall–Kier alpha value is -0.850. The third-order valence-corrected chi connectivity index (χ3v) is 4.10. The Bertz CT molecular complexity index is 362. The number of rotatable bonds is 5. The second-order valence-electron chi connectivity index (χ2n) is 5.91. The molecule has 2 aliphatic heterocycles. The molecule has 22 heavy (non-hydrogen) atoms. The van der Waals surface area contributed by atoms with Gasteiger partial charge in [-0.3, -0.25) is 9.59 Å². The monoisotopic (exact) mass is 333 g/mol. The second-order valence-corrected chi connectivity index (χ2v) is 5.91. The molecule has 6 nitrogen and oxygen atoms in total. The smallest absolute Gasteiger partial charge is 0.253 e. The van der Waals surface area contributed by atoms with Gasteiger partial charge in [0.15, 0.2) is 0 Å². The number of ether oxygens (including phenoxy) is 1. The minimum absolute atomic E-state index is 0. The first-order chi connectivity index (χ1) is 10.2. The van der Waals surface area contributed by atoms with E-state index in [0.29, 0.717) is 32.0 Å². The fourth-order valence-corrected chi connectivity index (χ4v) is 2.93. The Kier molecular flexibility index (Phi) is 8.75. The van der Waals surface area contributed by atoms with E-state index >= 15 is 0 Å². The molecule has 7 heteroatoms. The van der Waals surface area contributed by atoms with Crippen LogP contribution in [0.2, 0.25) is 0 Å². The quantitative estimate of drug-likeness (QED) is 0.771. The molecule has 0 aromatic rings. The van der Waals surface area contributed by atoms with Crippen LogP contribution in [0, 0.1) is 5.92 Å². The van der Waals surface area contributed by atoms with Gasteiger partial charge in [-0.2, -0.15) is 0 Å². The standard InChI is InChI=1S/C15H27N3O3.ClH/c1-2-4-14(19)17-9-12-5-3-7-18(11-12)15(20)13-10-16-6-8-21-13;/h12-13,16H,2-11H2,1H3,(H,17,19);1H. The highest BCUT2D eigenvalue weighted by atomic mass is 35.5. The van der Waals surface area contributed by atoms with Crippen LogP contribution in [0.25, 0.3) is 0 Å². The van der Waals surface area contributed by atoms with Crippen molar-refractivity contribution in [3.8, 4) is 0 Å². The first-order valence-electron chi connectivity index (χ1n) is 8.08. The maximum Gasteiger partial charge on any atom is 0.253 e. The highest BCUT2D eigenvalue weighted by Crippen LogP contribution is 2.17. The lowest BCUT2D eigenvalue weighted by Crippen LogP contribution is -2.52. The predicted molar refractivity (Wildman–Crippen MR) is 87.1 cm³/mol. The van der Waals surface area contributed by atoms with E-state index in [1.807, 2.05) is 11.8 Å². The van der Waals surface area contributed by atoms with Crippen molar-refractivity contribution in [1.82, 2.24) is 15.5 Å². The van der Waals surface area contributed by atoms with E-state index in [0.717, 1.165) is 38.9 Å². The number of morpholine rings is 1. The Morgan fingerprint density at radius 2 is 2.23 bits per heavy atom. The van der Waals surface area contributed by atoms with Crippen LogP contribution in [-0.4, -0.2) is 62.1 Å². The van der Waals surface area contributed by atoms with Gasteiger partial charge < -0.3 is 20.3 Å². The van der Waals surface area contributed by atoms with Crippen molar-refractivity contribution in [2.45, 2.75) is 38.7 Å². The second kappa shape index (κ2) is 10.0. The zero-order valence-corrected chi connectivity index (χ0v) is 14.1. The van der Waals surface area contributed by atoms with E-state index in [1.54, 1.807) is 0 Å². The molecule has 128 valence electrons. The Labute approximate surface area is 138 Å². The first-order valence-corrected chi connectivity index (χ1v) is 8.08. The van der Waals surface area contributed by atoms with Gasteiger partial charge in [-0.25, -0.2) is 0 Å². The fourth-order valence-electron chi connectivity index (χ4n) is 2.93. The summed E-state index contributed by atoms with van der Waals surface area (Å²) in [6, 6.07) is 0. The number of carbonyl (C=O) groups excluding carboxylic acids is 2. The molecule has 0 saturated carbocycles. The number of halogens is 1. The van der Waals surface area contributed by atoms with Gasteiger partial charge >= 0.3 is 0 Å². The molecule has 2 heterocycles. The van der Waals surface area contributed by atoms with Gasteiger partial charge in [-0.05, 0) is 25.2 Å². The first kappa shape index (κ1) is 19.2. The van der Waals surface area contributed by atoms with E-state index in [4.69, 9.17) is 4.74 Å². The van der Waals surface area contributed by atoms with Gasteiger partial charge in [0.05, 0.1) is 6.61 Å². The molecule has 2 rings (SSSR count). The average Bonchev–Trinajstić information content (AvgIpc) is 2.54. The van der Waals surface area contributed by atoms with Crippen molar-refractivity contribution in [3.05, 3.63) is 0 Å². The van der Waals surface area contributed by atoms with Crippen LogP contribution in [0.4, 0.5) is 0 Å². The molecule has 0 aromatic heterocycles. The molecule has 0 bridgehead atoms. The molecular weight excluding hydrogens is 306 g/mol. The van der Waals surface area contributed by atoms with Crippen LogP contribution in [0.15, 0.2) is 0 Å². The summed E-state index contributed by atoms with van der Waals surface area (Å²) in [6.45, 7) is 6.22. The summed E-state index contributed by atoms with van der Waals surface area (Å²) < 4.78 is 5.53. The van der Waals surface area contributed by atoms with Crippen molar-refractivity contribution in [3.63, 3.8) is 0 Å². The number of nitrogens with zero attached hydrogens (tertiary/aromatic N) is 1. The molecule has 2 aliphatic rings. The van der Waals surface area contributed by atoms with Crippen molar-refractivity contribution in [2.75, 3.05) is 39.3 Å². The van der Waals surface area contributed by atoms with E-state index in [2.05, 4.69) is 10.6 Å². The number of hydrogen-bond donors (Lipinski definition) is 2. The molecule has 0 radical (unpaired) electrons. The molecule has 2 unspecified atom stereocenters. The van der Waals surface area contributed by atoms with Crippen molar-refractivity contribution < 1.29 is 14.3 Å². The van der Waals surface area contributed by atoms with Gasteiger partial charge in [0.1, 0.15) is 6.10 Å². The zero-order chi connectivity index (χ0) is 15.1. The minimum atomic E-state index is -0.341. The Balaban J connectivity index is 0.00000242. The fraction of sp³-hybridized carbons (Fsp3) is 0.867. The minimum Gasteiger partial charge on any atom is -0.366 e. The molecule has 0 aromatic carbocycles. The number of hydrogen-bond acceptors (Lipinski definition) is 4. The van der Waals surface area contributed by atoms with E-state index in [9.17, 15) is 9.59 Å². The van der Waals surface area contributed by atoms with E-state index in [1.165, 1.54) is 0 Å². The molecule has 2 saturated heterocycles. The van der Waals surface area contributed by atoms with E-state index < -0.39 is 0 Å². The topological polar surface area (TPSA) is 70.7 Å². The summed E-state index contributed by atoms with van der Waals surface area (Å²) >= 11 is 0. The summed E-state index contributed by atoms with van der Waals surface area (Å²) in [7, 11) is 0. The Morgan fingerprint density at radius 3 is 2.91 bits per heavy atom.